The number of carbonyl (C=O) groups is 3. The average Bonchev–Trinajstić information content (AvgIpc) is 3.55. The minimum atomic E-state index is -5.08. The molecule has 16 heteroatoms. The second-order valence-electron chi connectivity index (χ2n) is 8.51. The van der Waals surface area contributed by atoms with Crippen molar-refractivity contribution in [2.45, 2.75) is 50.5 Å². The molecular weight excluding hydrogens is 560 g/mol. The van der Waals surface area contributed by atoms with Crippen molar-refractivity contribution in [1.29, 1.82) is 0 Å². The standard InChI is InChI=1S/C19H23N3O2S.2C2HF3O2/c23-19(21-10-17-2-1-7-25-17)9-16-8-15-12-22(13-18(15)24-16)11-14-3-5-20-6-4-14;2*3-2(4,5)1(6)7/h1-7,15-16,18H,8-13H2,(H,21,23);2*(H,6,7)/t15-,16+,18+;;/m0../s1. The topological polar surface area (TPSA) is 129 Å². The van der Waals surface area contributed by atoms with Gasteiger partial charge in [-0.2, -0.15) is 26.3 Å². The van der Waals surface area contributed by atoms with E-state index in [2.05, 4.69) is 27.3 Å². The van der Waals surface area contributed by atoms with Gasteiger partial charge in [0, 0.05) is 42.8 Å². The van der Waals surface area contributed by atoms with Crippen LogP contribution in [0.4, 0.5) is 26.3 Å². The Kier molecular flexibility index (Phi) is 11.7. The number of ether oxygens (including phenoxy) is 1. The van der Waals surface area contributed by atoms with Crippen LogP contribution in [0.1, 0.15) is 23.3 Å². The van der Waals surface area contributed by atoms with Crippen molar-refractivity contribution in [3.63, 3.8) is 0 Å². The molecule has 2 aromatic heterocycles. The Bertz CT molecular complexity index is 1030. The summed E-state index contributed by atoms with van der Waals surface area (Å²) in [7, 11) is 0. The molecule has 39 heavy (non-hydrogen) atoms. The first-order chi connectivity index (χ1) is 18.1. The highest BCUT2D eigenvalue weighted by atomic mass is 32.1. The first-order valence-electron chi connectivity index (χ1n) is 11.3. The quantitative estimate of drug-likeness (QED) is 0.438. The molecule has 2 aliphatic heterocycles. The van der Waals surface area contributed by atoms with Crippen molar-refractivity contribution >= 4 is 29.2 Å². The number of aliphatic carboxylic acids is 2. The molecule has 2 fully saturated rings. The van der Waals surface area contributed by atoms with E-state index in [1.807, 2.05) is 29.9 Å². The molecule has 3 atom stereocenters. The third-order valence-electron chi connectivity index (χ3n) is 5.48. The molecule has 216 valence electrons. The molecule has 0 saturated carbocycles. The van der Waals surface area contributed by atoms with Gasteiger partial charge in [-0.15, -0.1) is 11.3 Å². The van der Waals surface area contributed by atoms with E-state index in [-0.39, 0.29) is 18.1 Å². The van der Waals surface area contributed by atoms with E-state index in [9.17, 15) is 31.1 Å². The molecule has 0 radical (unpaired) electrons. The molecule has 3 N–H and O–H groups in total. The third kappa shape index (κ3) is 11.6. The van der Waals surface area contributed by atoms with Gasteiger partial charge in [0.1, 0.15) is 0 Å². The van der Waals surface area contributed by atoms with Crippen molar-refractivity contribution in [1.82, 2.24) is 15.2 Å². The Morgan fingerprint density at radius 2 is 1.62 bits per heavy atom. The lowest BCUT2D eigenvalue weighted by Crippen LogP contribution is -2.29. The number of carboxylic acids is 2. The van der Waals surface area contributed by atoms with Crippen molar-refractivity contribution in [2.24, 2.45) is 5.92 Å². The maximum atomic E-state index is 12.1. The molecule has 0 bridgehead atoms. The number of halogens is 6. The number of nitrogens with zero attached hydrogens (tertiary/aromatic N) is 2. The van der Waals surface area contributed by atoms with Gasteiger partial charge in [0.2, 0.25) is 5.91 Å². The van der Waals surface area contributed by atoms with Crippen LogP contribution in [-0.4, -0.2) is 75.6 Å². The molecule has 9 nitrogen and oxygen atoms in total. The summed E-state index contributed by atoms with van der Waals surface area (Å²) in [5, 5.41) is 19.3. The summed E-state index contributed by atoms with van der Waals surface area (Å²) in [6.07, 6.45) is -4.67. The Hall–Kier alpha value is -3.24. The summed E-state index contributed by atoms with van der Waals surface area (Å²) < 4.78 is 69.6. The number of likely N-dealkylation sites (tertiary alicyclic amines) is 1. The first-order valence-corrected chi connectivity index (χ1v) is 12.2. The van der Waals surface area contributed by atoms with Gasteiger partial charge in [-0.3, -0.25) is 14.7 Å². The van der Waals surface area contributed by atoms with E-state index in [1.165, 1.54) is 10.4 Å². The zero-order valence-corrected chi connectivity index (χ0v) is 20.9. The van der Waals surface area contributed by atoms with Crippen molar-refractivity contribution in [2.75, 3.05) is 13.1 Å². The fourth-order valence-electron chi connectivity index (χ4n) is 3.83. The number of fused-ring (bicyclic) bond motifs is 1. The van der Waals surface area contributed by atoms with Crippen LogP contribution in [0.15, 0.2) is 42.0 Å². The maximum Gasteiger partial charge on any atom is 0.490 e. The van der Waals surface area contributed by atoms with Gasteiger partial charge < -0.3 is 20.3 Å². The minimum absolute atomic E-state index is 0.0708. The fraction of sp³-hybridized carbons (Fsp3) is 0.478. The molecule has 4 heterocycles. The predicted octanol–water partition coefficient (Wildman–Crippen LogP) is 3.71. The Balaban J connectivity index is 0.000000317. The van der Waals surface area contributed by atoms with Gasteiger partial charge in [-0.05, 0) is 35.6 Å². The van der Waals surface area contributed by atoms with Crippen LogP contribution >= 0.6 is 11.3 Å². The molecule has 1 amide bonds. The number of carboxylic acid groups (broad SMARTS) is 2. The first kappa shape index (κ1) is 32.0. The van der Waals surface area contributed by atoms with E-state index >= 15 is 0 Å². The lowest BCUT2D eigenvalue weighted by Gasteiger charge is -2.19. The number of pyridine rings is 1. The number of amides is 1. The lowest BCUT2D eigenvalue weighted by atomic mass is 10.0. The lowest BCUT2D eigenvalue weighted by molar-refractivity contribution is -0.193. The SMILES string of the molecule is O=C(C[C@H]1C[C@H]2CN(Cc3ccncc3)C[C@H]2O1)NCc1cccs1.O=C(O)C(F)(F)F.O=C(O)C(F)(F)F. The fourth-order valence-corrected chi connectivity index (χ4v) is 4.48. The summed E-state index contributed by atoms with van der Waals surface area (Å²) in [5.74, 6) is -4.87. The summed E-state index contributed by atoms with van der Waals surface area (Å²) >= 11 is 1.67. The number of hydrogen-bond donors (Lipinski definition) is 3. The van der Waals surface area contributed by atoms with Crippen LogP contribution < -0.4 is 5.32 Å². The maximum absolute atomic E-state index is 12.1. The van der Waals surface area contributed by atoms with Gasteiger partial charge in [-0.25, -0.2) is 9.59 Å². The second kappa shape index (κ2) is 14.2. The van der Waals surface area contributed by atoms with Crippen molar-refractivity contribution in [3.8, 4) is 0 Å². The number of carbonyl (C=O) groups excluding carboxylic acids is 1. The van der Waals surface area contributed by atoms with Gasteiger partial charge >= 0.3 is 24.3 Å². The number of rotatable bonds is 6. The number of nitrogens with one attached hydrogen (secondary N) is 1. The van der Waals surface area contributed by atoms with Gasteiger partial charge in [0.05, 0.1) is 25.2 Å². The second-order valence-corrected chi connectivity index (χ2v) is 9.54. The summed E-state index contributed by atoms with van der Waals surface area (Å²) in [5.41, 5.74) is 1.29. The highest BCUT2D eigenvalue weighted by Gasteiger charge is 2.42. The normalized spacial score (nSPS) is 20.6. The third-order valence-corrected chi connectivity index (χ3v) is 6.36. The van der Waals surface area contributed by atoms with E-state index in [0.717, 1.165) is 26.1 Å². The summed E-state index contributed by atoms with van der Waals surface area (Å²) in [6, 6.07) is 8.18. The van der Waals surface area contributed by atoms with Crippen LogP contribution in [0.3, 0.4) is 0 Å². The molecule has 0 unspecified atom stereocenters. The molecule has 4 rings (SSSR count). The van der Waals surface area contributed by atoms with E-state index in [1.54, 1.807) is 11.3 Å². The highest BCUT2D eigenvalue weighted by molar-refractivity contribution is 7.09. The number of hydrogen-bond acceptors (Lipinski definition) is 7. The van der Waals surface area contributed by atoms with Crippen molar-refractivity contribution < 1.29 is 55.7 Å². The van der Waals surface area contributed by atoms with Crippen LogP contribution in [-0.2, 0) is 32.2 Å². The molecule has 2 aromatic rings. The highest BCUT2D eigenvalue weighted by Crippen LogP contribution is 2.34. The Labute approximate surface area is 222 Å². The molecule has 2 aliphatic rings. The number of aromatic nitrogens is 1. The van der Waals surface area contributed by atoms with E-state index < -0.39 is 24.3 Å². The minimum Gasteiger partial charge on any atom is -0.475 e. The predicted molar refractivity (Wildman–Crippen MR) is 124 cm³/mol. The van der Waals surface area contributed by atoms with Gasteiger partial charge in [0.15, 0.2) is 0 Å². The molecular formula is C23H25F6N3O6S. The largest absolute Gasteiger partial charge is 0.490 e. The molecule has 0 aromatic carbocycles. The number of alkyl halides is 6. The zero-order valence-electron chi connectivity index (χ0n) is 20.1. The summed E-state index contributed by atoms with van der Waals surface area (Å²) in [4.78, 5) is 37.6. The van der Waals surface area contributed by atoms with Crippen LogP contribution in [0.25, 0.3) is 0 Å². The Morgan fingerprint density at radius 1 is 1.03 bits per heavy atom. The van der Waals surface area contributed by atoms with E-state index in [4.69, 9.17) is 24.5 Å². The number of thiophene rings is 1. The zero-order chi connectivity index (χ0) is 29.2. The van der Waals surface area contributed by atoms with Crippen LogP contribution in [0.5, 0.6) is 0 Å². The van der Waals surface area contributed by atoms with Gasteiger partial charge in [-0.1, -0.05) is 6.07 Å². The monoisotopic (exact) mass is 585 g/mol. The molecule has 0 aliphatic carbocycles. The van der Waals surface area contributed by atoms with Crippen molar-refractivity contribution in [3.05, 3.63) is 52.5 Å². The van der Waals surface area contributed by atoms with E-state index in [0.29, 0.717) is 18.9 Å². The average molecular weight is 586 g/mol. The van der Waals surface area contributed by atoms with Gasteiger partial charge in [0.25, 0.3) is 0 Å². The smallest absolute Gasteiger partial charge is 0.475 e. The summed E-state index contributed by atoms with van der Waals surface area (Å²) in [6.45, 7) is 3.58. The van der Waals surface area contributed by atoms with Crippen LogP contribution in [0.2, 0.25) is 0 Å². The molecule has 0 spiro atoms. The Morgan fingerprint density at radius 3 is 2.10 bits per heavy atom. The molecule has 2 saturated heterocycles. The van der Waals surface area contributed by atoms with Crippen LogP contribution in [0, 0.1) is 5.92 Å².